The summed E-state index contributed by atoms with van der Waals surface area (Å²) in [5.41, 5.74) is -0.505. The van der Waals surface area contributed by atoms with Gasteiger partial charge in [0.2, 0.25) is 10.0 Å². The van der Waals surface area contributed by atoms with Gasteiger partial charge in [0.15, 0.2) is 0 Å². The number of rotatable bonds is 3. The molecule has 0 unspecified atom stereocenters. The molecule has 0 aromatic heterocycles. The average Bonchev–Trinajstić information content (AvgIpc) is 1.94. The van der Waals surface area contributed by atoms with Crippen molar-refractivity contribution in [2.45, 2.75) is 26.3 Å². The zero-order valence-corrected chi connectivity index (χ0v) is 9.26. The topological polar surface area (TPSA) is 83.5 Å². The van der Waals surface area contributed by atoms with Crippen molar-refractivity contribution in [2.24, 2.45) is 11.3 Å². The molecule has 6 heteroatoms. The SMILES string of the molecule is CC1(C)[C@@H](NS(C)(=O)=O)C[C@H]1C(=O)O. The molecule has 1 aliphatic rings. The van der Waals surface area contributed by atoms with Gasteiger partial charge in [-0.05, 0) is 11.8 Å². The molecule has 2 N–H and O–H groups in total. The number of carboxylic acids is 1. The summed E-state index contributed by atoms with van der Waals surface area (Å²) in [4.78, 5) is 10.7. The standard InChI is InChI=1S/C8H15NO4S/c1-8(2)5(7(10)11)4-6(8)9-14(3,12)13/h5-6,9H,4H2,1-3H3,(H,10,11)/t5-,6-/m0/s1. The van der Waals surface area contributed by atoms with Crippen LogP contribution in [0.25, 0.3) is 0 Å². The molecule has 0 aromatic carbocycles. The summed E-state index contributed by atoms with van der Waals surface area (Å²) in [5, 5.41) is 8.81. The molecule has 0 saturated heterocycles. The fourth-order valence-electron chi connectivity index (χ4n) is 1.80. The molecule has 0 amide bonds. The fourth-order valence-corrected chi connectivity index (χ4v) is 2.72. The van der Waals surface area contributed by atoms with Crippen LogP contribution < -0.4 is 4.72 Å². The summed E-state index contributed by atoms with van der Waals surface area (Å²) >= 11 is 0. The second-order valence-corrected chi connectivity index (χ2v) is 6.17. The highest BCUT2D eigenvalue weighted by atomic mass is 32.2. The highest BCUT2D eigenvalue weighted by Gasteiger charge is 2.52. The molecular formula is C8H15NO4S. The number of hydrogen-bond acceptors (Lipinski definition) is 3. The van der Waals surface area contributed by atoms with Crippen molar-refractivity contribution in [3.05, 3.63) is 0 Å². The quantitative estimate of drug-likeness (QED) is 0.704. The lowest BCUT2D eigenvalue weighted by atomic mass is 9.59. The molecular weight excluding hydrogens is 206 g/mol. The Morgan fingerprint density at radius 3 is 2.29 bits per heavy atom. The van der Waals surface area contributed by atoms with E-state index < -0.39 is 27.3 Å². The Kier molecular flexibility index (Phi) is 2.62. The first-order chi connectivity index (χ1) is 6.14. The highest BCUT2D eigenvalue weighted by Crippen LogP contribution is 2.46. The first-order valence-electron chi connectivity index (χ1n) is 4.34. The first kappa shape index (κ1) is 11.5. The largest absolute Gasteiger partial charge is 0.481 e. The van der Waals surface area contributed by atoms with Gasteiger partial charge in [-0.15, -0.1) is 0 Å². The van der Waals surface area contributed by atoms with Gasteiger partial charge >= 0.3 is 5.97 Å². The van der Waals surface area contributed by atoms with Crippen LogP contribution in [0.1, 0.15) is 20.3 Å². The highest BCUT2D eigenvalue weighted by molar-refractivity contribution is 7.88. The molecule has 0 heterocycles. The van der Waals surface area contributed by atoms with E-state index in [1.165, 1.54) is 0 Å². The lowest BCUT2D eigenvalue weighted by Gasteiger charge is -2.49. The van der Waals surface area contributed by atoms with Crippen LogP contribution >= 0.6 is 0 Å². The van der Waals surface area contributed by atoms with Gasteiger partial charge < -0.3 is 5.11 Å². The van der Waals surface area contributed by atoms with Gasteiger partial charge in [0.25, 0.3) is 0 Å². The molecule has 1 aliphatic carbocycles. The predicted octanol–water partition coefficient (Wildman–Crippen LogP) is 0.0349. The zero-order valence-electron chi connectivity index (χ0n) is 8.44. The zero-order chi connectivity index (χ0) is 11.1. The summed E-state index contributed by atoms with van der Waals surface area (Å²) < 4.78 is 24.3. The minimum atomic E-state index is -3.25. The summed E-state index contributed by atoms with van der Waals surface area (Å²) in [6, 6.07) is -0.265. The van der Waals surface area contributed by atoms with Gasteiger partial charge in [-0.3, -0.25) is 4.79 Å². The van der Waals surface area contributed by atoms with Gasteiger partial charge in [-0.2, -0.15) is 0 Å². The molecule has 2 atom stereocenters. The monoisotopic (exact) mass is 221 g/mol. The molecule has 0 spiro atoms. The molecule has 0 radical (unpaired) electrons. The van der Waals surface area contributed by atoms with Crippen LogP contribution in [0.5, 0.6) is 0 Å². The second-order valence-electron chi connectivity index (χ2n) is 4.39. The fraction of sp³-hybridized carbons (Fsp3) is 0.875. The summed E-state index contributed by atoms with van der Waals surface area (Å²) in [6.07, 6.45) is 1.45. The van der Waals surface area contributed by atoms with Crippen LogP contribution in [0.3, 0.4) is 0 Å². The minimum Gasteiger partial charge on any atom is -0.481 e. The van der Waals surface area contributed by atoms with E-state index in [-0.39, 0.29) is 6.04 Å². The number of aliphatic carboxylic acids is 1. The van der Waals surface area contributed by atoms with Gasteiger partial charge in [-0.1, -0.05) is 13.8 Å². The predicted molar refractivity (Wildman–Crippen MR) is 51.3 cm³/mol. The Morgan fingerprint density at radius 2 is 2.00 bits per heavy atom. The van der Waals surface area contributed by atoms with Crippen LogP contribution in [-0.4, -0.2) is 31.8 Å². The lowest BCUT2D eigenvalue weighted by molar-refractivity contribution is -0.154. The van der Waals surface area contributed by atoms with E-state index in [2.05, 4.69) is 4.72 Å². The van der Waals surface area contributed by atoms with Crippen molar-refractivity contribution in [1.29, 1.82) is 0 Å². The number of hydrogen-bond donors (Lipinski definition) is 2. The Hall–Kier alpha value is -0.620. The maximum atomic E-state index is 10.9. The van der Waals surface area contributed by atoms with Gasteiger partial charge in [0, 0.05) is 6.04 Å². The molecule has 14 heavy (non-hydrogen) atoms. The van der Waals surface area contributed by atoms with E-state index in [1.807, 2.05) is 0 Å². The second kappa shape index (κ2) is 3.20. The van der Waals surface area contributed by atoms with Gasteiger partial charge in [0.1, 0.15) is 0 Å². The first-order valence-corrected chi connectivity index (χ1v) is 6.24. The lowest BCUT2D eigenvalue weighted by Crippen LogP contribution is -2.60. The van der Waals surface area contributed by atoms with E-state index in [0.29, 0.717) is 6.42 Å². The Bertz CT molecular complexity index is 346. The van der Waals surface area contributed by atoms with Crippen molar-refractivity contribution in [3.8, 4) is 0 Å². The van der Waals surface area contributed by atoms with Crippen molar-refractivity contribution in [3.63, 3.8) is 0 Å². The van der Waals surface area contributed by atoms with Crippen molar-refractivity contribution in [2.75, 3.05) is 6.26 Å². The third-order valence-corrected chi connectivity index (χ3v) is 3.63. The Labute approximate surface area is 83.6 Å². The molecule has 82 valence electrons. The van der Waals surface area contributed by atoms with Crippen LogP contribution in [-0.2, 0) is 14.8 Å². The Balaban J connectivity index is 2.69. The molecule has 1 fully saturated rings. The van der Waals surface area contributed by atoms with Crippen LogP contribution in [0.4, 0.5) is 0 Å². The van der Waals surface area contributed by atoms with Crippen molar-refractivity contribution < 1.29 is 18.3 Å². The van der Waals surface area contributed by atoms with E-state index in [9.17, 15) is 13.2 Å². The number of sulfonamides is 1. The number of carboxylic acid groups (broad SMARTS) is 1. The molecule has 0 aliphatic heterocycles. The Morgan fingerprint density at radius 1 is 1.50 bits per heavy atom. The van der Waals surface area contributed by atoms with Crippen molar-refractivity contribution in [1.82, 2.24) is 4.72 Å². The van der Waals surface area contributed by atoms with E-state index in [4.69, 9.17) is 5.11 Å². The van der Waals surface area contributed by atoms with Crippen molar-refractivity contribution >= 4 is 16.0 Å². The maximum absolute atomic E-state index is 10.9. The number of carbonyl (C=O) groups is 1. The van der Waals surface area contributed by atoms with E-state index in [0.717, 1.165) is 6.26 Å². The van der Waals surface area contributed by atoms with Crippen LogP contribution in [0.2, 0.25) is 0 Å². The third kappa shape index (κ3) is 2.06. The third-order valence-electron chi connectivity index (χ3n) is 2.92. The van der Waals surface area contributed by atoms with Gasteiger partial charge in [-0.25, -0.2) is 13.1 Å². The normalized spacial score (nSPS) is 30.8. The molecule has 1 rings (SSSR count). The summed E-state index contributed by atoms with van der Waals surface area (Å²) in [7, 11) is -3.25. The molecule has 5 nitrogen and oxygen atoms in total. The average molecular weight is 221 g/mol. The molecule has 1 saturated carbocycles. The molecule has 0 bridgehead atoms. The van der Waals surface area contributed by atoms with Gasteiger partial charge in [0.05, 0.1) is 12.2 Å². The van der Waals surface area contributed by atoms with E-state index in [1.54, 1.807) is 13.8 Å². The van der Waals surface area contributed by atoms with Crippen LogP contribution in [0, 0.1) is 11.3 Å². The molecule has 0 aromatic rings. The van der Waals surface area contributed by atoms with Crippen LogP contribution in [0.15, 0.2) is 0 Å². The minimum absolute atomic E-state index is 0.265. The summed E-state index contributed by atoms with van der Waals surface area (Å²) in [6.45, 7) is 3.52. The smallest absolute Gasteiger partial charge is 0.307 e. The summed E-state index contributed by atoms with van der Waals surface area (Å²) in [5.74, 6) is -1.32. The van der Waals surface area contributed by atoms with E-state index >= 15 is 0 Å². The number of nitrogens with one attached hydrogen (secondary N) is 1. The maximum Gasteiger partial charge on any atom is 0.307 e.